The zero-order chi connectivity index (χ0) is 23.4. The summed E-state index contributed by atoms with van der Waals surface area (Å²) in [6.45, 7) is 4.15. The Hall–Kier alpha value is -2.97. The van der Waals surface area contributed by atoms with Crippen molar-refractivity contribution in [3.05, 3.63) is 76.0 Å². The summed E-state index contributed by atoms with van der Waals surface area (Å²) in [6.07, 6.45) is 4.10. The van der Waals surface area contributed by atoms with Gasteiger partial charge in [0, 0.05) is 47.2 Å². The Balaban J connectivity index is 1.46. The Kier molecular flexibility index (Phi) is 5.11. The molecule has 3 aliphatic heterocycles. The maximum absolute atomic E-state index is 14.3. The molecule has 6 rings (SSSR count). The first kappa shape index (κ1) is 21.6. The molecular formula is C25H22BrClN6O. The molecule has 0 aliphatic carbocycles. The van der Waals surface area contributed by atoms with Crippen LogP contribution in [0.3, 0.4) is 0 Å². The van der Waals surface area contributed by atoms with Gasteiger partial charge in [-0.3, -0.25) is 4.79 Å². The first-order chi connectivity index (χ1) is 16.5. The van der Waals surface area contributed by atoms with Gasteiger partial charge < -0.3 is 9.80 Å². The van der Waals surface area contributed by atoms with Crippen molar-refractivity contribution in [1.29, 1.82) is 0 Å². The van der Waals surface area contributed by atoms with E-state index in [0.717, 1.165) is 34.5 Å². The molecule has 0 unspecified atom stereocenters. The number of halogens is 2. The number of nitrogens with zero attached hydrogens (tertiary/aromatic N) is 6. The number of hydrazone groups is 1. The Labute approximate surface area is 211 Å². The van der Waals surface area contributed by atoms with Gasteiger partial charge in [0.2, 0.25) is 5.95 Å². The highest BCUT2D eigenvalue weighted by molar-refractivity contribution is 9.10. The van der Waals surface area contributed by atoms with E-state index in [1.165, 1.54) is 5.69 Å². The Morgan fingerprint density at radius 3 is 2.62 bits per heavy atom. The fraction of sp³-hybridized carbons (Fsp3) is 0.280. The summed E-state index contributed by atoms with van der Waals surface area (Å²) in [4.78, 5) is 27.8. The van der Waals surface area contributed by atoms with Gasteiger partial charge in [-0.1, -0.05) is 27.5 Å². The highest BCUT2D eigenvalue weighted by Gasteiger charge is 2.60. The quantitative estimate of drug-likeness (QED) is 0.480. The molecule has 9 heteroatoms. The zero-order valence-corrected chi connectivity index (χ0v) is 20.9. The number of carbonyl (C=O) groups excluding carboxylic acids is 1. The summed E-state index contributed by atoms with van der Waals surface area (Å²) in [5, 5.41) is 6.97. The van der Waals surface area contributed by atoms with Crippen LogP contribution in [0.4, 0.5) is 17.3 Å². The molecule has 1 spiro atoms. The molecule has 2 atom stereocenters. The third kappa shape index (κ3) is 3.23. The molecule has 172 valence electrons. The monoisotopic (exact) mass is 536 g/mol. The molecule has 0 saturated carbocycles. The molecule has 0 radical (unpaired) electrons. The predicted molar refractivity (Wildman–Crippen MR) is 138 cm³/mol. The summed E-state index contributed by atoms with van der Waals surface area (Å²) >= 11 is 9.71. The standard InChI is InChI=1S/C25H22BrClN6O/c1-16-25(23(34)33(30-16)20-6-4-19(27)5-7-20)14-17-13-18(26)3-8-21(17)32-12-11-31(15-22(25)32)24-28-9-2-10-29-24/h2-10,13,22H,11-12,14-15H2,1H3/t22-,25-/m0/s1. The van der Waals surface area contributed by atoms with Gasteiger partial charge in [-0.2, -0.15) is 10.1 Å². The number of anilines is 3. The maximum Gasteiger partial charge on any atom is 0.261 e. The van der Waals surface area contributed by atoms with Crippen molar-refractivity contribution in [3.8, 4) is 0 Å². The van der Waals surface area contributed by atoms with Gasteiger partial charge in [-0.15, -0.1) is 0 Å². The Morgan fingerprint density at radius 1 is 1.09 bits per heavy atom. The van der Waals surface area contributed by atoms with Gasteiger partial charge in [-0.25, -0.2) is 9.97 Å². The summed E-state index contributed by atoms with van der Waals surface area (Å²) in [5.41, 5.74) is 3.08. The first-order valence-corrected chi connectivity index (χ1v) is 12.4. The Morgan fingerprint density at radius 2 is 1.85 bits per heavy atom. The van der Waals surface area contributed by atoms with Crippen LogP contribution >= 0.6 is 27.5 Å². The van der Waals surface area contributed by atoms with Crippen LogP contribution in [0.1, 0.15) is 12.5 Å². The number of hydrogen-bond acceptors (Lipinski definition) is 6. The fourth-order valence-electron chi connectivity index (χ4n) is 5.50. The van der Waals surface area contributed by atoms with Gasteiger partial charge in [0.15, 0.2) is 0 Å². The molecule has 1 saturated heterocycles. The second-order valence-corrected chi connectivity index (χ2v) is 10.3. The van der Waals surface area contributed by atoms with E-state index in [1.807, 2.05) is 25.1 Å². The minimum absolute atomic E-state index is 0.0104. The SMILES string of the molecule is CC1=NN(c2ccc(Cl)cc2)C(=O)[C@@]12Cc1cc(Br)ccc1N1CCN(c3ncccn3)C[C@H]12. The van der Waals surface area contributed by atoms with E-state index in [1.54, 1.807) is 29.5 Å². The van der Waals surface area contributed by atoms with E-state index >= 15 is 0 Å². The fourth-order valence-corrected chi connectivity index (χ4v) is 6.03. The van der Waals surface area contributed by atoms with Crippen LogP contribution in [0.5, 0.6) is 0 Å². The lowest BCUT2D eigenvalue weighted by atomic mass is 9.67. The summed E-state index contributed by atoms with van der Waals surface area (Å²) < 4.78 is 1.01. The van der Waals surface area contributed by atoms with Gasteiger partial charge in [0.25, 0.3) is 5.91 Å². The topological polar surface area (TPSA) is 64.9 Å². The molecule has 34 heavy (non-hydrogen) atoms. The van der Waals surface area contributed by atoms with Crippen LogP contribution in [0.25, 0.3) is 0 Å². The third-order valence-electron chi connectivity index (χ3n) is 7.15. The molecule has 0 bridgehead atoms. The molecular weight excluding hydrogens is 516 g/mol. The second kappa shape index (κ2) is 8.06. The van der Waals surface area contributed by atoms with Gasteiger partial charge in [-0.05, 0) is 67.4 Å². The molecule has 2 aromatic carbocycles. The smallest absolute Gasteiger partial charge is 0.261 e. The van der Waals surface area contributed by atoms with Crippen molar-refractivity contribution in [2.45, 2.75) is 19.4 Å². The van der Waals surface area contributed by atoms with Crippen LogP contribution in [0, 0.1) is 5.41 Å². The van der Waals surface area contributed by atoms with Crippen molar-refractivity contribution in [2.24, 2.45) is 10.5 Å². The normalized spacial score (nSPS) is 23.7. The highest BCUT2D eigenvalue weighted by Crippen LogP contribution is 2.48. The number of carbonyl (C=O) groups is 1. The van der Waals surface area contributed by atoms with Gasteiger partial charge >= 0.3 is 0 Å². The molecule has 3 aliphatic rings. The van der Waals surface area contributed by atoms with Crippen molar-refractivity contribution in [2.75, 3.05) is 34.4 Å². The average Bonchev–Trinajstić information content (AvgIpc) is 3.10. The van der Waals surface area contributed by atoms with Crippen LogP contribution in [-0.2, 0) is 11.2 Å². The molecule has 1 aromatic heterocycles. The number of aromatic nitrogens is 2. The molecule has 7 nitrogen and oxygen atoms in total. The number of benzene rings is 2. The number of hydrogen-bond donors (Lipinski definition) is 0. The lowest BCUT2D eigenvalue weighted by molar-refractivity contribution is -0.125. The summed E-state index contributed by atoms with van der Waals surface area (Å²) in [5.74, 6) is 0.678. The van der Waals surface area contributed by atoms with E-state index in [2.05, 4.69) is 53.9 Å². The lowest BCUT2D eigenvalue weighted by Gasteiger charge is -2.53. The van der Waals surface area contributed by atoms with E-state index in [0.29, 0.717) is 23.9 Å². The van der Waals surface area contributed by atoms with Crippen LogP contribution in [-0.4, -0.2) is 47.3 Å². The van der Waals surface area contributed by atoms with Crippen molar-refractivity contribution in [1.82, 2.24) is 9.97 Å². The molecule has 4 heterocycles. The molecule has 1 amide bonds. The maximum atomic E-state index is 14.3. The van der Waals surface area contributed by atoms with E-state index < -0.39 is 5.41 Å². The number of fused-ring (bicyclic) bond motifs is 4. The van der Waals surface area contributed by atoms with Crippen LogP contribution in [0.15, 0.2) is 70.5 Å². The van der Waals surface area contributed by atoms with Crippen LogP contribution in [0.2, 0.25) is 5.02 Å². The van der Waals surface area contributed by atoms with Crippen molar-refractivity contribution in [3.63, 3.8) is 0 Å². The number of piperazine rings is 1. The summed E-state index contributed by atoms with van der Waals surface area (Å²) in [7, 11) is 0. The number of amides is 1. The van der Waals surface area contributed by atoms with Crippen molar-refractivity contribution < 1.29 is 4.79 Å². The number of rotatable bonds is 2. The molecule has 1 fully saturated rings. The predicted octanol–water partition coefficient (Wildman–Crippen LogP) is 4.55. The van der Waals surface area contributed by atoms with E-state index in [9.17, 15) is 4.79 Å². The van der Waals surface area contributed by atoms with Gasteiger partial charge in [0.1, 0.15) is 5.41 Å². The largest absolute Gasteiger partial charge is 0.363 e. The third-order valence-corrected chi connectivity index (χ3v) is 7.89. The second-order valence-electron chi connectivity index (χ2n) is 8.90. The zero-order valence-electron chi connectivity index (χ0n) is 18.5. The lowest BCUT2D eigenvalue weighted by Crippen LogP contribution is -2.67. The van der Waals surface area contributed by atoms with Gasteiger partial charge in [0.05, 0.1) is 17.4 Å². The highest BCUT2D eigenvalue weighted by atomic mass is 79.9. The average molecular weight is 538 g/mol. The molecule has 0 N–H and O–H groups in total. The molecule has 3 aromatic rings. The minimum Gasteiger partial charge on any atom is -0.363 e. The first-order valence-electron chi connectivity index (χ1n) is 11.2. The van der Waals surface area contributed by atoms with E-state index in [4.69, 9.17) is 16.7 Å². The van der Waals surface area contributed by atoms with Crippen LogP contribution < -0.4 is 14.8 Å². The van der Waals surface area contributed by atoms with Crippen molar-refractivity contribution >= 4 is 56.5 Å². The minimum atomic E-state index is -0.791. The summed E-state index contributed by atoms with van der Waals surface area (Å²) in [6, 6.07) is 15.3. The van der Waals surface area contributed by atoms with E-state index in [-0.39, 0.29) is 11.9 Å². The Bertz CT molecular complexity index is 1300.